The molecule has 1 fully saturated rings. The molecule has 0 radical (unpaired) electrons. The van der Waals surface area contributed by atoms with Crippen LogP contribution in [0.4, 0.5) is 5.69 Å². The van der Waals surface area contributed by atoms with Crippen molar-refractivity contribution in [2.24, 2.45) is 0 Å². The van der Waals surface area contributed by atoms with Gasteiger partial charge in [0.1, 0.15) is 0 Å². The van der Waals surface area contributed by atoms with Gasteiger partial charge in [-0.2, -0.15) is 5.10 Å². The van der Waals surface area contributed by atoms with E-state index in [2.05, 4.69) is 15.5 Å². The maximum absolute atomic E-state index is 12.6. The number of carbonyl (C=O) groups is 2. The normalized spacial score (nSPS) is 16.9. The molecule has 0 aliphatic carbocycles. The van der Waals surface area contributed by atoms with E-state index in [1.54, 1.807) is 24.3 Å². The molecular formula is C18H20N4O3. The summed E-state index contributed by atoms with van der Waals surface area (Å²) in [5, 5.41) is 10.2. The summed E-state index contributed by atoms with van der Waals surface area (Å²) in [6.07, 6.45) is 0.869. The van der Waals surface area contributed by atoms with Gasteiger partial charge in [0.2, 0.25) is 5.91 Å². The number of anilines is 1. The minimum absolute atomic E-state index is 0.0240. The number of ether oxygens (including phenoxy) is 1. The highest BCUT2D eigenvalue weighted by atomic mass is 16.5. The number of aromatic nitrogens is 2. The van der Waals surface area contributed by atoms with Crippen molar-refractivity contribution in [3.63, 3.8) is 0 Å². The molecule has 2 aromatic rings. The zero-order valence-electron chi connectivity index (χ0n) is 14.0. The Kier molecular flexibility index (Phi) is 4.01. The first-order valence-electron chi connectivity index (χ1n) is 8.42. The SMILES string of the molecule is CC(=O)Nc1cccc(C(=O)N2CC(c3n[nH]c4c3COCC4)C2)c1. The van der Waals surface area contributed by atoms with E-state index >= 15 is 0 Å². The van der Waals surface area contributed by atoms with E-state index in [0.29, 0.717) is 30.9 Å². The summed E-state index contributed by atoms with van der Waals surface area (Å²) in [6, 6.07) is 7.02. The van der Waals surface area contributed by atoms with Gasteiger partial charge in [0.25, 0.3) is 5.91 Å². The number of nitrogens with one attached hydrogen (secondary N) is 2. The molecule has 4 rings (SSSR count). The molecule has 2 amide bonds. The number of benzene rings is 1. The molecular weight excluding hydrogens is 320 g/mol. The van der Waals surface area contributed by atoms with E-state index < -0.39 is 0 Å². The molecule has 7 nitrogen and oxygen atoms in total. The lowest BCUT2D eigenvalue weighted by Gasteiger charge is -2.39. The van der Waals surface area contributed by atoms with Gasteiger partial charge in [-0.05, 0) is 18.2 Å². The van der Waals surface area contributed by atoms with Crippen LogP contribution in [0, 0.1) is 0 Å². The maximum Gasteiger partial charge on any atom is 0.253 e. The molecule has 25 heavy (non-hydrogen) atoms. The third kappa shape index (κ3) is 3.02. The Bertz CT molecular complexity index is 823. The Morgan fingerprint density at radius 2 is 2.20 bits per heavy atom. The van der Waals surface area contributed by atoms with Crippen molar-refractivity contribution in [1.29, 1.82) is 0 Å². The number of nitrogens with zero attached hydrogens (tertiary/aromatic N) is 2. The van der Waals surface area contributed by atoms with Crippen molar-refractivity contribution < 1.29 is 14.3 Å². The third-order valence-corrected chi connectivity index (χ3v) is 4.71. The van der Waals surface area contributed by atoms with Crippen molar-refractivity contribution in [2.75, 3.05) is 25.0 Å². The lowest BCUT2D eigenvalue weighted by molar-refractivity contribution is -0.114. The molecule has 2 N–H and O–H groups in total. The highest BCUT2D eigenvalue weighted by Gasteiger charge is 2.36. The van der Waals surface area contributed by atoms with Gasteiger partial charge in [0.15, 0.2) is 0 Å². The van der Waals surface area contributed by atoms with Gasteiger partial charge in [0.05, 0.1) is 18.9 Å². The predicted octanol–water partition coefficient (Wildman–Crippen LogP) is 1.68. The fraction of sp³-hybridized carbons (Fsp3) is 0.389. The molecule has 130 valence electrons. The van der Waals surface area contributed by atoms with E-state index in [9.17, 15) is 9.59 Å². The number of amides is 2. The van der Waals surface area contributed by atoms with E-state index in [1.807, 2.05) is 4.90 Å². The number of hydrogen-bond donors (Lipinski definition) is 2. The fourth-order valence-electron chi connectivity index (χ4n) is 3.40. The third-order valence-electron chi connectivity index (χ3n) is 4.71. The average molecular weight is 340 g/mol. The van der Waals surface area contributed by atoms with Crippen LogP contribution < -0.4 is 5.32 Å². The highest BCUT2D eigenvalue weighted by Crippen LogP contribution is 2.32. The summed E-state index contributed by atoms with van der Waals surface area (Å²) in [4.78, 5) is 25.6. The van der Waals surface area contributed by atoms with Crippen LogP contribution in [-0.2, 0) is 22.6 Å². The molecule has 1 saturated heterocycles. The number of aromatic amines is 1. The summed E-state index contributed by atoms with van der Waals surface area (Å²) < 4.78 is 5.53. The Morgan fingerprint density at radius 1 is 1.36 bits per heavy atom. The first-order chi connectivity index (χ1) is 12.1. The molecule has 2 aliphatic rings. The largest absolute Gasteiger partial charge is 0.376 e. The van der Waals surface area contributed by atoms with Gasteiger partial charge in [-0.1, -0.05) is 6.07 Å². The van der Waals surface area contributed by atoms with Crippen molar-refractivity contribution in [3.8, 4) is 0 Å². The molecule has 0 unspecified atom stereocenters. The number of likely N-dealkylation sites (tertiary alicyclic amines) is 1. The van der Waals surface area contributed by atoms with Crippen LogP contribution >= 0.6 is 0 Å². The molecule has 0 spiro atoms. The first-order valence-corrected chi connectivity index (χ1v) is 8.42. The number of rotatable bonds is 3. The molecule has 7 heteroatoms. The van der Waals surface area contributed by atoms with Crippen LogP contribution in [0.25, 0.3) is 0 Å². The average Bonchev–Trinajstić information content (AvgIpc) is 2.97. The molecule has 2 aliphatic heterocycles. The Morgan fingerprint density at radius 3 is 3.00 bits per heavy atom. The van der Waals surface area contributed by atoms with Crippen LogP contribution in [0.1, 0.15) is 40.2 Å². The van der Waals surface area contributed by atoms with Gasteiger partial charge >= 0.3 is 0 Å². The molecule has 3 heterocycles. The van der Waals surface area contributed by atoms with Crippen molar-refractivity contribution >= 4 is 17.5 Å². The van der Waals surface area contributed by atoms with Crippen LogP contribution in [0.3, 0.4) is 0 Å². The van der Waals surface area contributed by atoms with Crippen LogP contribution in [-0.4, -0.2) is 46.6 Å². The minimum Gasteiger partial charge on any atom is -0.376 e. The van der Waals surface area contributed by atoms with Gasteiger partial charge in [-0.25, -0.2) is 0 Å². The van der Waals surface area contributed by atoms with E-state index in [1.165, 1.54) is 6.92 Å². The number of hydrogen-bond acceptors (Lipinski definition) is 4. The summed E-state index contributed by atoms with van der Waals surface area (Å²) in [5.74, 6) is 0.0763. The molecule has 0 saturated carbocycles. The van der Waals surface area contributed by atoms with Crippen LogP contribution in [0.5, 0.6) is 0 Å². The highest BCUT2D eigenvalue weighted by molar-refractivity contribution is 5.97. The summed E-state index contributed by atoms with van der Waals surface area (Å²) in [5.41, 5.74) is 4.57. The summed E-state index contributed by atoms with van der Waals surface area (Å²) in [6.45, 7) is 4.09. The van der Waals surface area contributed by atoms with E-state index in [-0.39, 0.29) is 17.7 Å². The smallest absolute Gasteiger partial charge is 0.253 e. The summed E-state index contributed by atoms with van der Waals surface area (Å²) in [7, 11) is 0. The zero-order chi connectivity index (χ0) is 17.4. The maximum atomic E-state index is 12.6. The number of fused-ring (bicyclic) bond motifs is 1. The van der Waals surface area contributed by atoms with Crippen LogP contribution in [0.15, 0.2) is 24.3 Å². The molecule has 0 bridgehead atoms. The lowest BCUT2D eigenvalue weighted by Crippen LogP contribution is -2.48. The van der Waals surface area contributed by atoms with Crippen molar-refractivity contribution in [2.45, 2.75) is 25.9 Å². The van der Waals surface area contributed by atoms with Gasteiger partial charge < -0.3 is 15.0 Å². The quantitative estimate of drug-likeness (QED) is 0.890. The second-order valence-electron chi connectivity index (χ2n) is 6.54. The first kappa shape index (κ1) is 15.8. The molecule has 0 atom stereocenters. The number of H-pyrrole nitrogens is 1. The number of carbonyl (C=O) groups excluding carboxylic acids is 2. The summed E-state index contributed by atoms with van der Waals surface area (Å²) >= 11 is 0. The topological polar surface area (TPSA) is 87.3 Å². The standard InChI is InChI=1S/C18H20N4O3/c1-11(23)19-14-4-2-3-12(7-14)18(24)22-8-13(9-22)17-15-10-25-6-5-16(15)20-21-17/h2-4,7,13H,5-6,8-10H2,1H3,(H,19,23)(H,20,21). The lowest BCUT2D eigenvalue weighted by atomic mass is 9.91. The monoisotopic (exact) mass is 340 g/mol. The van der Waals surface area contributed by atoms with Gasteiger partial charge in [-0.15, -0.1) is 0 Å². The predicted molar refractivity (Wildman–Crippen MR) is 91.3 cm³/mol. The second-order valence-corrected chi connectivity index (χ2v) is 6.54. The van der Waals surface area contributed by atoms with E-state index in [0.717, 1.165) is 30.0 Å². The van der Waals surface area contributed by atoms with Crippen molar-refractivity contribution in [1.82, 2.24) is 15.1 Å². The zero-order valence-corrected chi connectivity index (χ0v) is 14.0. The second kappa shape index (κ2) is 6.33. The van der Waals surface area contributed by atoms with E-state index in [4.69, 9.17) is 4.74 Å². The molecule has 1 aromatic heterocycles. The van der Waals surface area contributed by atoms with Gasteiger partial charge in [-0.3, -0.25) is 14.7 Å². The Balaban J connectivity index is 1.43. The Labute approximate surface area is 145 Å². The van der Waals surface area contributed by atoms with Crippen molar-refractivity contribution in [3.05, 3.63) is 46.8 Å². The Hall–Kier alpha value is -2.67. The minimum atomic E-state index is -0.154. The molecule has 1 aromatic carbocycles. The fourth-order valence-corrected chi connectivity index (χ4v) is 3.40. The van der Waals surface area contributed by atoms with Gasteiger partial charge in [0, 0.05) is 54.9 Å². The van der Waals surface area contributed by atoms with Crippen LogP contribution in [0.2, 0.25) is 0 Å².